The van der Waals surface area contributed by atoms with E-state index in [0.717, 1.165) is 10.9 Å². The number of hydrogen-bond donors (Lipinski definition) is 1. The van der Waals surface area contributed by atoms with Gasteiger partial charge in [0.2, 0.25) is 0 Å². The minimum Gasteiger partial charge on any atom is -0.397 e. The molecule has 4 heteroatoms. The second-order valence-electron chi connectivity index (χ2n) is 4.44. The average Bonchev–Trinajstić information content (AvgIpc) is 2.80. The van der Waals surface area contributed by atoms with Crippen molar-refractivity contribution in [1.82, 2.24) is 4.57 Å². The fourth-order valence-corrected chi connectivity index (χ4v) is 2.47. The first-order chi connectivity index (χ1) is 9.16. The van der Waals surface area contributed by atoms with Gasteiger partial charge in [-0.2, -0.15) is 0 Å². The molecule has 0 aliphatic heterocycles. The van der Waals surface area contributed by atoms with Crippen LogP contribution in [0.5, 0.6) is 0 Å². The number of aromatic nitrogens is 1. The zero-order valence-corrected chi connectivity index (χ0v) is 10.9. The van der Waals surface area contributed by atoms with Crippen LogP contribution in [-0.2, 0) is 6.54 Å². The Hall–Kier alpha value is -2.00. The Bertz CT molecular complexity index is 749. The third-order valence-corrected chi connectivity index (χ3v) is 3.48. The van der Waals surface area contributed by atoms with Crippen LogP contribution >= 0.6 is 11.6 Å². The van der Waals surface area contributed by atoms with Crippen LogP contribution in [0.2, 0.25) is 5.02 Å². The maximum atomic E-state index is 13.9. The van der Waals surface area contributed by atoms with Gasteiger partial charge in [-0.1, -0.05) is 35.9 Å². The van der Waals surface area contributed by atoms with Crippen molar-refractivity contribution in [3.63, 3.8) is 0 Å². The highest BCUT2D eigenvalue weighted by molar-refractivity contribution is 6.30. The summed E-state index contributed by atoms with van der Waals surface area (Å²) in [5, 5.41) is 1.18. The van der Waals surface area contributed by atoms with Gasteiger partial charge in [-0.15, -0.1) is 0 Å². The van der Waals surface area contributed by atoms with E-state index in [1.54, 1.807) is 18.2 Å². The number of anilines is 1. The van der Waals surface area contributed by atoms with Crippen molar-refractivity contribution in [2.24, 2.45) is 0 Å². The van der Waals surface area contributed by atoms with E-state index in [0.29, 0.717) is 17.8 Å². The van der Waals surface area contributed by atoms with Crippen molar-refractivity contribution in [2.75, 3.05) is 5.73 Å². The zero-order chi connectivity index (χ0) is 13.4. The van der Waals surface area contributed by atoms with E-state index in [9.17, 15) is 4.39 Å². The second kappa shape index (κ2) is 4.59. The van der Waals surface area contributed by atoms with Crippen LogP contribution in [0.1, 0.15) is 5.56 Å². The molecule has 0 aliphatic carbocycles. The molecule has 2 aromatic carbocycles. The average molecular weight is 275 g/mol. The van der Waals surface area contributed by atoms with Gasteiger partial charge in [0.25, 0.3) is 0 Å². The van der Waals surface area contributed by atoms with Gasteiger partial charge in [-0.25, -0.2) is 4.39 Å². The Morgan fingerprint density at radius 3 is 2.74 bits per heavy atom. The van der Waals surface area contributed by atoms with Gasteiger partial charge < -0.3 is 10.3 Å². The third-order valence-electron chi connectivity index (χ3n) is 3.19. The van der Waals surface area contributed by atoms with E-state index in [1.165, 1.54) is 0 Å². The molecular formula is C15H12ClFN2. The summed E-state index contributed by atoms with van der Waals surface area (Å²) in [5.74, 6) is -0.375. The molecule has 2 N–H and O–H groups in total. The molecule has 0 amide bonds. The van der Waals surface area contributed by atoms with Crippen LogP contribution in [0.25, 0.3) is 10.9 Å². The molecule has 0 saturated heterocycles. The van der Waals surface area contributed by atoms with Crippen molar-refractivity contribution in [3.8, 4) is 0 Å². The molecule has 0 bridgehead atoms. The second-order valence-corrected chi connectivity index (χ2v) is 4.85. The lowest BCUT2D eigenvalue weighted by Gasteiger charge is -2.09. The molecule has 0 atom stereocenters. The highest BCUT2D eigenvalue weighted by Gasteiger charge is 2.09. The molecule has 3 rings (SSSR count). The lowest BCUT2D eigenvalue weighted by Crippen LogP contribution is -2.02. The number of nitrogen functional groups attached to an aromatic ring is 1. The minimum atomic E-state index is -0.375. The zero-order valence-electron chi connectivity index (χ0n) is 10.1. The van der Waals surface area contributed by atoms with Gasteiger partial charge in [0.1, 0.15) is 5.82 Å². The third kappa shape index (κ3) is 2.06. The van der Waals surface area contributed by atoms with E-state index in [2.05, 4.69) is 0 Å². The summed E-state index contributed by atoms with van der Waals surface area (Å²) in [7, 11) is 0. The topological polar surface area (TPSA) is 30.9 Å². The number of fused-ring (bicyclic) bond motifs is 1. The van der Waals surface area contributed by atoms with Crippen molar-refractivity contribution in [2.45, 2.75) is 6.54 Å². The molecule has 0 radical (unpaired) electrons. The fraction of sp³-hybridized carbons (Fsp3) is 0.0667. The molecule has 1 aromatic heterocycles. The summed E-state index contributed by atoms with van der Waals surface area (Å²) in [6.07, 6.45) is 1.90. The summed E-state index contributed by atoms with van der Waals surface area (Å²) in [6, 6.07) is 12.7. The van der Waals surface area contributed by atoms with Crippen LogP contribution in [0.3, 0.4) is 0 Å². The molecular weight excluding hydrogens is 263 g/mol. The lowest BCUT2D eigenvalue weighted by atomic mass is 10.2. The normalized spacial score (nSPS) is 11.1. The summed E-state index contributed by atoms with van der Waals surface area (Å²) in [6.45, 7) is 0.407. The van der Waals surface area contributed by atoms with Crippen molar-refractivity contribution < 1.29 is 4.39 Å². The summed E-state index contributed by atoms with van der Waals surface area (Å²) in [5.41, 5.74) is 8.14. The highest BCUT2D eigenvalue weighted by Crippen LogP contribution is 2.25. The largest absolute Gasteiger partial charge is 0.397 e. The Balaban J connectivity index is 2.09. The fourth-order valence-electron chi connectivity index (χ4n) is 2.28. The van der Waals surface area contributed by atoms with Gasteiger partial charge in [-0.05, 0) is 18.2 Å². The van der Waals surface area contributed by atoms with Gasteiger partial charge >= 0.3 is 0 Å². The van der Waals surface area contributed by atoms with Gasteiger partial charge in [0.15, 0.2) is 0 Å². The van der Waals surface area contributed by atoms with Crippen molar-refractivity contribution in [1.29, 1.82) is 0 Å². The standard InChI is InChI=1S/C15H12ClFN2/c16-12-5-1-4-11(14(12)17)9-19-8-7-10-3-2-6-13(18)15(10)19/h1-8H,9,18H2. The monoisotopic (exact) mass is 274 g/mol. The highest BCUT2D eigenvalue weighted by atomic mass is 35.5. The first-order valence-corrected chi connectivity index (χ1v) is 6.31. The Morgan fingerprint density at radius 1 is 1.11 bits per heavy atom. The Labute approximate surface area is 115 Å². The molecule has 0 fully saturated rings. The van der Waals surface area contributed by atoms with Crippen molar-refractivity contribution in [3.05, 3.63) is 65.1 Å². The maximum absolute atomic E-state index is 13.9. The summed E-state index contributed by atoms with van der Waals surface area (Å²) >= 11 is 5.79. The lowest BCUT2D eigenvalue weighted by molar-refractivity contribution is 0.602. The van der Waals surface area contributed by atoms with Crippen LogP contribution in [-0.4, -0.2) is 4.57 Å². The van der Waals surface area contributed by atoms with Crippen LogP contribution in [0.4, 0.5) is 10.1 Å². The first kappa shape index (κ1) is 12.1. The molecule has 0 saturated carbocycles. The maximum Gasteiger partial charge on any atom is 0.146 e. The molecule has 2 nitrogen and oxygen atoms in total. The predicted molar refractivity (Wildman–Crippen MR) is 76.9 cm³/mol. The minimum absolute atomic E-state index is 0.141. The SMILES string of the molecule is Nc1cccc2ccn(Cc3cccc(Cl)c3F)c12. The number of rotatable bonds is 2. The van der Waals surface area contributed by atoms with E-state index < -0.39 is 0 Å². The van der Waals surface area contributed by atoms with Crippen molar-refractivity contribution >= 4 is 28.2 Å². The van der Waals surface area contributed by atoms with Crippen LogP contribution in [0.15, 0.2) is 48.7 Å². The predicted octanol–water partition coefficient (Wildman–Crippen LogP) is 4.06. The molecule has 0 unspecified atom stereocenters. The van der Waals surface area contributed by atoms with Gasteiger partial charge in [-0.3, -0.25) is 0 Å². The quantitative estimate of drug-likeness (QED) is 0.702. The summed E-state index contributed by atoms with van der Waals surface area (Å²) in [4.78, 5) is 0. The molecule has 19 heavy (non-hydrogen) atoms. The van der Waals surface area contributed by atoms with Gasteiger partial charge in [0, 0.05) is 17.1 Å². The molecule has 1 heterocycles. The number of halogens is 2. The van der Waals surface area contributed by atoms with Crippen LogP contribution < -0.4 is 5.73 Å². The number of para-hydroxylation sites is 1. The number of benzene rings is 2. The molecule has 0 spiro atoms. The molecule has 3 aromatic rings. The number of nitrogens with zero attached hydrogens (tertiary/aromatic N) is 1. The summed E-state index contributed by atoms with van der Waals surface area (Å²) < 4.78 is 15.8. The first-order valence-electron chi connectivity index (χ1n) is 5.93. The Kier molecular flexibility index (Phi) is 2.91. The smallest absolute Gasteiger partial charge is 0.146 e. The number of nitrogens with two attached hydrogens (primary N) is 1. The number of hydrogen-bond acceptors (Lipinski definition) is 1. The van der Waals surface area contributed by atoms with Gasteiger partial charge in [0.05, 0.1) is 22.8 Å². The van der Waals surface area contributed by atoms with E-state index in [1.807, 2.05) is 35.0 Å². The van der Waals surface area contributed by atoms with E-state index in [-0.39, 0.29) is 10.8 Å². The molecule has 96 valence electrons. The molecule has 0 aliphatic rings. The van der Waals surface area contributed by atoms with E-state index >= 15 is 0 Å². The van der Waals surface area contributed by atoms with Crippen LogP contribution in [0, 0.1) is 5.82 Å². The Morgan fingerprint density at radius 2 is 1.89 bits per heavy atom. The van der Waals surface area contributed by atoms with E-state index in [4.69, 9.17) is 17.3 Å².